The van der Waals surface area contributed by atoms with Crippen LogP contribution in [0.2, 0.25) is 5.02 Å². The highest BCUT2D eigenvalue weighted by molar-refractivity contribution is 9.10. The first-order valence-electron chi connectivity index (χ1n) is 10.7. The molecule has 8 heteroatoms. The summed E-state index contributed by atoms with van der Waals surface area (Å²) >= 11 is 9.37. The Kier molecular flexibility index (Phi) is 8.82. The zero-order valence-corrected chi connectivity index (χ0v) is 20.6. The van der Waals surface area contributed by atoms with Gasteiger partial charge in [-0.2, -0.15) is 0 Å². The van der Waals surface area contributed by atoms with Crippen LogP contribution in [0, 0.1) is 0 Å². The maximum absolute atomic E-state index is 13.2. The van der Waals surface area contributed by atoms with Gasteiger partial charge in [-0.1, -0.05) is 36.6 Å². The minimum Gasteiger partial charge on any atom is -0.497 e. The highest BCUT2D eigenvalue weighted by Gasteiger charge is 2.29. The first kappa shape index (κ1) is 24.4. The van der Waals surface area contributed by atoms with Crippen LogP contribution in [-0.4, -0.2) is 42.5 Å². The van der Waals surface area contributed by atoms with E-state index in [2.05, 4.69) is 21.2 Å². The number of hydrogen-bond donors (Lipinski definition) is 1. The molecule has 1 N–H and O–H groups in total. The Morgan fingerprint density at radius 2 is 1.97 bits per heavy atom. The van der Waals surface area contributed by atoms with Crippen molar-refractivity contribution in [3.05, 3.63) is 57.5 Å². The van der Waals surface area contributed by atoms with Crippen LogP contribution >= 0.6 is 27.5 Å². The SMILES string of the molecule is COc1cccc(CN(C(=O)COc2ccc(Cl)cc2Br)C(C)C(=O)NC2CCCC2)c1. The van der Waals surface area contributed by atoms with Crippen molar-refractivity contribution in [2.75, 3.05) is 13.7 Å². The average molecular weight is 524 g/mol. The molecule has 1 atom stereocenters. The topological polar surface area (TPSA) is 67.9 Å². The van der Waals surface area contributed by atoms with Gasteiger partial charge in [0.2, 0.25) is 5.91 Å². The number of carbonyl (C=O) groups excluding carboxylic acids is 2. The van der Waals surface area contributed by atoms with Crippen LogP contribution in [0.25, 0.3) is 0 Å². The van der Waals surface area contributed by atoms with Crippen molar-refractivity contribution >= 4 is 39.3 Å². The van der Waals surface area contributed by atoms with Crippen LogP contribution in [0.1, 0.15) is 38.2 Å². The molecule has 0 aromatic heterocycles. The number of amides is 2. The molecule has 32 heavy (non-hydrogen) atoms. The Balaban J connectivity index is 1.74. The highest BCUT2D eigenvalue weighted by atomic mass is 79.9. The summed E-state index contributed by atoms with van der Waals surface area (Å²) in [7, 11) is 1.59. The Morgan fingerprint density at radius 1 is 1.22 bits per heavy atom. The van der Waals surface area contributed by atoms with E-state index < -0.39 is 6.04 Å². The normalized spacial score (nSPS) is 14.6. The molecule has 0 heterocycles. The molecule has 1 aliphatic carbocycles. The van der Waals surface area contributed by atoms with Crippen molar-refractivity contribution in [2.45, 2.75) is 51.2 Å². The van der Waals surface area contributed by atoms with Gasteiger partial charge in [-0.05, 0) is 71.6 Å². The van der Waals surface area contributed by atoms with E-state index in [0.717, 1.165) is 31.2 Å². The molecule has 0 bridgehead atoms. The van der Waals surface area contributed by atoms with Gasteiger partial charge in [0.05, 0.1) is 11.6 Å². The summed E-state index contributed by atoms with van der Waals surface area (Å²) in [5.74, 6) is 0.760. The van der Waals surface area contributed by atoms with Crippen LogP contribution in [0.5, 0.6) is 11.5 Å². The van der Waals surface area contributed by atoms with Crippen molar-refractivity contribution < 1.29 is 19.1 Å². The Morgan fingerprint density at radius 3 is 2.66 bits per heavy atom. The van der Waals surface area contributed by atoms with Gasteiger partial charge in [-0.3, -0.25) is 9.59 Å². The van der Waals surface area contributed by atoms with Gasteiger partial charge in [0, 0.05) is 17.6 Å². The fourth-order valence-corrected chi connectivity index (χ4v) is 4.55. The lowest BCUT2D eigenvalue weighted by molar-refractivity contribution is -0.142. The summed E-state index contributed by atoms with van der Waals surface area (Å²) in [6, 6.07) is 12.1. The van der Waals surface area contributed by atoms with Crippen LogP contribution in [0.3, 0.4) is 0 Å². The Labute approximate surface area is 202 Å². The smallest absolute Gasteiger partial charge is 0.261 e. The van der Waals surface area contributed by atoms with Crippen molar-refractivity contribution in [1.29, 1.82) is 0 Å². The second kappa shape index (κ2) is 11.6. The average Bonchev–Trinajstić information content (AvgIpc) is 3.29. The Bertz CT molecular complexity index is 949. The lowest BCUT2D eigenvalue weighted by Gasteiger charge is -2.29. The van der Waals surface area contributed by atoms with E-state index in [4.69, 9.17) is 21.1 Å². The lowest BCUT2D eigenvalue weighted by atomic mass is 10.1. The molecule has 0 spiro atoms. The third-order valence-electron chi connectivity index (χ3n) is 5.60. The highest BCUT2D eigenvalue weighted by Crippen LogP contribution is 2.28. The number of ether oxygens (including phenoxy) is 2. The zero-order valence-electron chi connectivity index (χ0n) is 18.3. The molecular formula is C24H28BrClN2O4. The summed E-state index contributed by atoms with van der Waals surface area (Å²) in [5.41, 5.74) is 0.867. The fourth-order valence-electron chi connectivity index (χ4n) is 3.76. The second-order valence-corrected chi connectivity index (χ2v) is 9.19. The Hall–Kier alpha value is -2.25. The molecule has 172 valence electrons. The first-order chi connectivity index (χ1) is 15.4. The van der Waals surface area contributed by atoms with E-state index in [1.54, 1.807) is 37.1 Å². The van der Waals surface area contributed by atoms with E-state index in [-0.39, 0.29) is 31.0 Å². The number of methoxy groups -OCH3 is 1. The molecule has 6 nitrogen and oxygen atoms in total. The number of rotatable bonds is 9. The van der Waals surface area contributed by atoms with Gasteiger partial charge in [0.15, 0.2) is 6.61 Å². The van der Waals surface area contributed by atoms with E-state index in [1.807, 2.05) is 24.3 Å². The molecule has 1 saturated carbocycles. The number of benzene rings is 2. The van der Waals surface area contributed by atoms with Crippen LogP contribution < -0.4 is 14.8 Å². The van der Waals surface area contributed by atoms with Crippen molar-refractivity contribution in [1.82, 2.24) is 10.2 Å². The molecule has 0 radical (unpaired) electrons. The summed E-state index contributed by atoms with van der Waals surface area (Å²) in [4.78, 5) is 27.7. The molecule has 1 aliphatic rings. The quantitative estimate of drug-likeness (QED) is 0.504. The van der Waals surface area contributed by atoms with E-state index in [0.29, 0.717) is 21.0 Å². The molecule has 0 saturated heterocycles. The minimum atomic E-state index is -0.647. The third-order valence-corrected chi connectivity index (χ3v) is 6.46. The third kappa shape index (κ3) is 6.62. The number of nitrogens with one attached hydrogen (secondary N) is 1. The first-order valence-corrected chi connectivity index (χ1v) is 11.8. The van der Waals surface area contributed by atoms with Crippen LogP contribution in [0.15, 0.2) is 46.9 Å². The number of nitrogens with zero attached hydrogens (tertiary/aromatic N) is 1. The minimum absolute atomic E-state index is 0.152. The largest absolute Gasteiger partial charge is 0.497 e. The summed E-state index contributed by atoms with van der Waals surface area (Å²) in [5, 5.41) is 3.65. The molecule has 1 fully saturated rings. The summed E-state index contributed by atoms with van der Waals surface area (Å²) in [6.45, 7) is 1.81. The molecule has 2 amide bonds. The summed E-state index contributed by atoms with van der Waals surface area (Å²) in [6.07, 6.45) is 4.21. The van der Waals surface area contributed by atoms with E-state index in [9.17, 15) is 9.59 Å². The molecule has 3 rings (SSSR count). The van der Waals surface area contributed by atoms with Gasteiger partial charge < -0.3 is 19.7 Å². The van der Waals surface area contributed by atoms with Crippen LogP contribution in [0.4, 0.5) is 0 Å². The monoisotopic (exact) mass is 522 g/mol. The maximum atomic E-state index is 13.2. The second-order valence-electron chi connectivity index (χ2n) is 7.90. The van der Waals surface area contributed by atoms with Crippen molar-refractivity contribution in [2.24, 2.45) is 0 Å². The zero-order chi connectivity index (χ0) is 23.1. The standard InChI is InChI=1S/C24H28BrClN2O4/c1-16(24(30)27-19-7-3-4-8-19)28(14-17-6-5-9-20(12-17)31-2)23(29)15-32-22-11-10-18(26)13-21(22)25/h5-6,9-13,16,19H,3-4,7-8,14-15H2,1-2H3,(H,27,30). The predicted octanol–water partition coefficient (Wildman–Crippen LogP) is 4.97. The van der Waals surface area contributed by atoms with Gasteiger partial charge in [0.25, 0.3) is 5.91 Å². The van der Waals surface area contributed by atoms with Gasteiger partial charge in [-0.15, -0.1) is 0 Å². The van der Waals surface area contributed by atoms with Gasteiger partial charge >= 0.3 is 0 Å². The predicted molar refractivity (Wildman–Crippen MR) is 128 cm³/mol. The van der Waals surface area contributed by atoms with Crippen molar-refractivity contribution in [3.8, 4) is 11.5 Å². The maximum Gasteiger partial charge on any atom is 0.261 e. The summed E-state index contributed by atoms with van der Waals surface area (Å²) < 4.78 is 11.7. The van der Waals surface area contributed by atoms with E-state index >= 15 is 0 Å². The van der Waals surface area contributed by atoms with Gasteiger partial charge in [0.1, 0.15) is 17.5 Å². The molecule has 1 unspecified atom stereocenters. The lowest BCUT2D eigenvalue weighted by Crippen LogP contribution is -2.50. The van der Waals surface area contributed by atoms with Gasteiger partial charge in [-0.25, -0.2) is 0 Å². The molecular weight excluding hydrogens is 496 g/mol. The van der Waals surface area contributed by atoms with E-state index in [1.165, 1.54) is 0 Å². The molecule has 2 aromatic carbocycles. The molecule has 0 aliphatic heterocycles. The number of halogens is 2. The number of hydrogen-bond acceptors (Lipinski definition) is 4. The molecule has 2 aromatic rings. The number of carbonyl (C=O) groups is 2. The fraction of sp³-hybridized carbons (Fsp3) is 0.417. The van der Waals surface area contributed by atoms with Crippen molar-refractivity contribution in [3.63, 3.8) is 0 Å². The van der Waals surface area contributed by atoms with Crippen LogP contribution in [-0.2, 0) is 16.1 Å².